The lowest BCUT2D eigenvalue weighted by Gasteiger charge is -2.38. The van der Waals surface area contributed by atoms with E-state index in [2.05, 4.69) is 30.8 Å². The highest BCUT2D eigenvalue weighted by Gasteiger charge is 2.32. The third-order valence-corrected chi connectivity index (χ3v) is 5.08. The molecule has 18 heavy (non-hydrogen) atoms. The number of unbranched alkanes of at least 4 members (excludes halogenated alkanes) is 1. The fraction of sp³-hybridized carbons (Fsp3) is 1.00. The molecular weight excluding hydrogens is 248 g/mol. The Balaban J connectivity index is 2.11. The van der Waals surface area contributed by atoms with Gasteiger partial charge >= 0.3 is 0 Å². The molecule has 0 heterocycles. The van der Waals surface area contributed by atoms with E-state index < -0.39 is 10.0 Å². The van der Waals surface area contributed by atoms with Crippen molar-refractivity contribution >= 4 is 10.0 Å². The summed E-state index contributed by atoms with van der Waals surface area (Å²) < 4.78 is 26.3. The minimum atomic E-state index is -3.07. The van der Waals surface area contributed by atoms with E-state index in [0.29, 0.717) is 12.6 Å². The standard InChI is InChI=1S/C13H28N2O2S/c1-12(2)14-9-4-5-10-18(16,17)15-11-13(3)7-6-8-13/h12,14-15H,4-11H2,1-3H3. The molecule has 0 saturated heterocycles. The summed E-state index contributed by atoms with van der Waals surface area (Å²) in [6, 6.07) is 0.471. The van der Waals surface area contributed by atoms with Crippen LogP contribution in [0.5, 0.6) is 0 Å². The van der Waals surface area contributed by atoms with Crippen molar-refractivity contribution in [3.63, 3.8) is 0 Å². The Kier molecular flexibility index (Phi) is 6.08. The lowest BCUT2D eigenvalue weighted by atomic mass is 9.71. The van der Waals surface area contributed by atoms with Crippen LogP contribution in [0.4, 0.5) is 0 Å². The predicted octanol–water partition coefficient (Wildman–Crippen LogP) is 1.87. The molecule has 108 valence electrons. The van der Waals surface area contributed by atoms with Crippen LogP contribution in [0.15, 0.2) is 0 Å². The number of sulfonamides is 1. The Labute approximate surface area is 112 Å². The summed E-state index contributed by atoms with van der Waals surface area (Å²) in [5.41, 5.74) is 0.215. The summed E-state index contributed by atoms with van der Waals surface area (Å²) in [6.07, 6.45) is 5.17. The monoisotopic (exact) mass is 276 g/mol. The molecule has 1 rings (SSSR count). The summed E-state index contributed by atoms with van der Waals surface area (Å²) in [4.78, 5) is 0. The molecule has 0 amide bonds. The molecule has 0 aromatic carbocycles. The first-order chi connectivity index (χ1) is 8.33. The second-order valence-corrected chi connectivity index (χ2v) is 8.05. The average molecular weight is 276 g/mol. The van der Waals surface area contributed by atoms with E-state index in [0.717, 1.165) is 32.2 Å². The minimum absolute atomic E-state index is 0.215. The van der Waals surface area contributed by atoms with Gasteiger partial charge in [0.25, 0.3) is 0 Å². The zero-order valence-corrected chi connectivity index (χ0v) is 12.8. The van der Waals surface area contributed by atoms with Crippen LogP contribution in [0, 0.1) is 5.41 Å². The molecule has 0 aliphatic heterocycles. The maximum atomic E-state index is 11.8. The van der Waals surface area contributed by atoms with Gasteiger partial charge in [-0.25, -0.2) is 13.1 Å². The number of hydrogen-bond acceptors (Lipinski definition) is 3. The molecule has 1 aliphatic carbocycles. The summed E-state index contributed by atoms with van der Waals surface area (Å²) in [7, 11) is -3.07. The zero-order chi connectivity index (χ0) is 13.6. The summed E-state index contributed by atoms with van der Waals surface area (Å²) >= 11 is 0. The van der Waals surface area contributed by atoms with E-state index in [1.807, 2.05) is 0 Å². The maximum Gasteiger partial charge on any atom is 0.211 e. The van der Waals surface area contributed by atoms with E-state index in [1.165, 1.54) is 6.42 Å². The van der Waals surface area contributed by atoms with Gasteiger partial charge in [-0.15, -0.1) is 0 Å². The largest absolute Gasteiger partial charge is 0.315 e. The van der Waals surface area contributed by atoms with Gasteiger partial charge in [0.2, 0.25) is 10.0 Å². The second-order valence-electron chi connectivity index (χ2n) is 6.12. The van der Waals surface area contributed by atoms with Crippen LogP contribution < -0.4 is 10.0 Å². The predicted molar refractivity (Wildman–Crippen MR) is 76.1 cm³/mol. The molecule has 0 aromatic heterocycles. The Morgan fingerprint density at radius 2 is 1.89 bits per heavy atom. The van der Waals surface area contributed by atoms with E-state index in [4.69, 9.17) is 0 Å². The van der Waals surface area contributed by atoms with E-state index >= 15 is 0 Å². The molecular formula is C13H28N2O2S. The van der Waals surface area contributed by atoms with Gasteiger partial charge in [0.15, 0.2) is 0 Å². The Bertz CT molecular complexity index is 335. The first kappa shape index (κ1) is 15.9. The first-order valence-corrected chi connectivity index (χ1v) is 8.69. The highest BCUT2D eigenvalue weighted by atomic mass is 32.2. The van der Waals surface area contributed by atoms with Crippen molar-refractivity contribution in [2.24, 2.45) is 5.41 Å². The average Bonchev–Trinajstić information content (AvgIpc) is 2.23. The van der Waals surface area contributed by atoms with Crippen LogP contribution in [0.3, 0.4) is 0 Å². The van der Waals surface area contributed by atoms with Crippen LogP contribution in [0.1, 0.15) is 52.9 Å². The molecule has 1 fully saturated rings. The van der Waals surface area contributed by atoms with Gasteiger partial charge in [0, 0.05) is 12.6 Å². The van der Waals surface area contributed by atoms with Crippen LogP contribution in [-0.2, 0) is 10.0 Å². The molecule has 0 spiro atoms. The summed E-state index contributed by atoms with van der Waals surface area (Å²) in [5.74, 6) is 0.253. The van der Waals surface area contributed by atoms with E-state index in [9.17, 15) is 8.42 Å². The van der Waals surface area contributed by atoms with Crippen LogP contribution in [-0.4, -0.2) is 33.3 Å². The second kappa shape index (κ2) is 6.87. The summed E-state index contributed by atoms with van der Waals surface area (Å²) in [6.45, 7) is 7.85. The lowest BCUT2D eigenvalue weighted by Crippen LogP contribution is -2.40. The van der Waals surface area contributed by atoms with Gasteiger partial charge in [-0.3, -0.25) is 0 Å². The molecule has 0 radical (unpaired) electrons. The number of nitrogens with one attached hydrogen (secondary N) is 2. The lowest BCUT2D eigenvalue weighted by molar-refractivity contribution is 0.166. The van der Waals surface area contributed by atoms with Crippen molar-refractivity contribution in [1.29, 1.82) is 0 Å². The van der Waals surface area contributed by atoms with Crippen molar-refractivity contribution in [3.8, 4) is 0 Å². The minimum Gasteiger partial charge on any atom is -0.315 e. The van der Waals surface area contributed by atoms with Gasteiger partial charge in [-0.05, 0) is 37.6 Å². The van der Waals surface area contributed by atoms with Crippen molar-refractivity contribution < 1.29 is 8.42 Å². The van der Waals surface area contributed by atoms with Crippen LogP contribution >= 0.6 is 0 Å². The highest BCUT2D eigenvalue weighted by Crippen LogP contribution is 2.39. The van der Waals surface area contributed by atoms with Gasteiger partial charge < -0.3 is 5.32 Å². The molecule has 1 aliphatic rings. The topological polar surface area (TPSA) is 58.2 Å². The highest BCUT2D eigenvalue weighted by molar-refractivity contribution is 7.89. The van der Waals surface area contributed by atoms with Gasteiger partial charge in [0.05, 0.1) is 5.75 Å². The smallest absolute Gasteiger partial charge is 0.211 e. The molecule has 5 heteroatoms. The molecule has 0 aromatic rings. The first-order valence-electron chi connectivity index (χ1n) is 7.04. The maximum absolute atomic E-state index is 11.8. The Hall–Kier alpha value is -0.130. The molecule has 4 nitrogen and oxygen atoms in total. The molecule has 2 N–H and O–H groups in total. The van der Waals surface area contributed by atoms with Crippen molar-refractivity contribution in [2.45, 2.75) is 58.9 Å². The number of hydrogen-bond donors (Lipinski definition) is 2. The fourth-order valence-electron chi connectivity index (χ4n) is 2.12. The van der Waals surface area contributed by atoms with Crippen LogP contribution in [0.25, 0.3) is 0 Å². The summed E-state index contributed by atoms with van der Waals surface area (Å²) in [5, 5.41) is 3.29. The fourth-order valence-corrected chi connectivity index (χ4v) is 3.42. The molecule has 0 bridgehead atoms. The normalized spacial score (nSPS) is 18.9. The van der Waals surface area contributed by atoms with Crippen molar-refractivity contribution in [1.82, 2.24) is 10.0 Å². The van der Waals surface area contributed by atoms with Gasteiger partial charge in [-0.1, -0.05) is 27.2 Å². The quantitative estimate of drug-likeness (QED) is 0.632. The van der Waals surface area contributed by atoms with Crippen molar-refractivity contribution in [2.75, 3.05) is 18.8 Å². The number of rotatable bonds is 9. The molecule has 0 atom stereocenters. The molecule has 0 unspecified atom stereocenters. The zero-order valence-electron chi connectivity index (χ0n) is 12.0. The van der Waals surface area contributed by atoms with Crippen LogP contribution in [0.2, 0.25) is 0 Å². The van der Waals surface area contributed by atoms with Crippen molar-refractivity contribution in [3.05, 3.63) is 0 Å². The third kappa shape index (κ3) is 6.16. The Morgan fingerprint density at radius 1 is 1.22 bits per heavy atom. The third-order valence-electron chi connectivity index (χ3n) is 3.67. The van der Waals surface area contributed by atoms with E-state index in [1.54, 1.807) is 0 Å². The SMILES string of the molecule is CC(C)NCCCCS(=O)(=O)NCC1(C)CCC1. The molecule has 1 saturated carbocycles. The van der Waals surface area contributed by atoms with Gasteiger partial charge in [0.1, 0.15) is 0 Å². The van der Waals surface area contributed by atoms with E-state index in [-0.39, 0.29) is 11.2 Å². The Morgan fingerprint density at radius 3 is 2.39 bits per heavy atom. The van der Waals surface area contributed by atoms with Gasteiger partial charge in [-0.2, -0.15) is 0 Å².